The highest BCUT2D eigenvalue weighted by Crippen LogP contribution is 2.28. The van der Waals surface area contributed by atoms with Gasteiger partial charge in [0.1, 0.15) is 18.5 Å². The summed E-state index contributed by atoms with van der Waals surface area (Å²) in [7, 11) is 0. The Morgan fingerprint density at radius 2 is 1.75 bits per heavy atom. The van der Waals surface area contributed by atoms with E-state index in [0.717, 1.165) is 10.5 Å². The molecule has 0 spiro atoms. The summed E-state index contributed by atoms with van der Waals surface area (Å²) in [4.78, 5) is 58.9. The molecular formula is C29H40N2O13. The molecular weight excluding hydrogens is 584 g/mol. The maximum absolute atomic E-state index is 11.9. The van der Waals surface area contributed by atoms with Gasteiger partial charge < -0.3 is 44.3 Å². The molecule has 0 saturated carbocycles. The minimum absolute atomic E-state index is 0.0544. The van der Waals surface area contributed by atoms with E-state index in [4.69, 9.17) is 23.7 Å². The molecule has 1 aromatic rings. The number of nitrogens with zero attached hydrogens (tertiary/aromatic N) is 1. The number of benzene rings is 1. The first-order valence-electron chi connectivity index (χ1n) is 14.5. The van der Waals surface area contributed by atoms with Crippen LogP contribution in [-0.2, 0) is 55.9 Å². The minimum atomic E-state index is -1.65. The van der Waals surface area contributed by atoms with Crippen LogP contribution in [0.2, 0.25) is 0 Å². The topological polar surface area (TPSA) is 207 Å². The maximum atomic E-state index is 11.9. The fraction of sp³-hybridized carbons (Fsp3) is 0.621. The van der Waals surface area contributed by atoms with Gasteiger partial charge in [0.2, 0.25) is 24.0 Å². The number of carboxylic acid groups (broad SMARTS) is 1. The lowest BCUT2D eigenvalue weighted by molar-refractivity contribution is -0.228. The van der Waals surface area contributed by atoms with Crippen LogP contribution in [0.4, 0.5) is 0 Å². The first-order chi connectivity index (χ1) is 21.0. The van der Waals surface area contributed by atoms with Crippen molar-refractivity contribution in [1.82, 2.24) is 10.2 Å². The van der Waals surface area contributed by atoms with Crippen LogP contribution in [0, 0.1) is 0 Å². The van der Waals surface area contributed by atoms with Crippen molar-refractivity contribution in [3.8, 4) is 5.75 Å². The number of carboxylic acids is 1. The van der Waals surface area contributed by atoms with Gasteiger partial charge in [-0.15, -0.1) is 0 Å². The highest BCUT2D eigenvalue weighted by molar-refractivity contribution is 6.02. The van der Waals surface area contributed by atoms with Crippen LogP contribution in [-0.4, -0.2) is 114 Å². The largest absolute Gasteiger partial charge is 0.479 e. The van der Waals surface area contributed by atoms with Gasteiger partial charge in [-0.25, -0.2) is 4.79 Å². The molecule has 0 aliphatic carbocycles. The van der Waals surface area contributed by atoms with E-state index in [2.05, 4.69) is 5.32 Å². The fourth-order valence-corrected chi connectivity index (χ4v) is 4.59. The third kappa shape index (κ3) is 11.1. The first-order valence-corrected chi connectivity index (χ1v) is 14.5. The quantitative estimate of drug-likeness (QED) is 0.0939. The number of carbonyl (C=O) groups is 5. The summed E-state index contributed by atoms with van der Waals surface area (Å²) in [5.41, 5.74) is 1.44. The third-order valence-corrected chi connectivity index (χ3v) is 6.91. The van der Waals surface area contributed by atoms with Gasteiger partial charge in [-0.1, -0.05) is 6.07 Å². The molecule has 2 saturated heterocycles. The Balaban J connectivity index is 1.32. The number of likely N-dealkylation sites (tertiary alicyclic amines) is 1. The Morgan fingerprint density at radius 1 is 1.05 bits per heavy atom. The van der Waals surface area contributed by atoms with Crippen molar-refractivity contribution in [3.63, 3.8) is 0 Å². The van der Waals surface area contributed by atoms with Crippen LogP contribution in [0.25, 0.3) is 0 Å². The zero-order chi connectivity index (χ0) is 32.1. The fourth-order valence-electron chi connectivity index (χ4n) is 4.59. The smallest absolute Gasteiger partial charge is 0.335 e. The van der Waals surface area contributed by atoms with Gasteiger partial charge in [0.25, 0.3) is 0 Å². The second-order valence-corrected chi connectivity index (χ2v) is 10.3. The summed E-state index contributed by atoms with van der Waals surface area (Å²) in [6.45, 7) is 3.00. The summed E-state index contributed by atoms with van der Waals surface area (Å²) >= 11 is 0. The molecule has 3 unspecified atom stereocenters. The molecule has 1 aromatic carbocycles. The maximum Gasteiger partial charge on any atom is 0.335 e. The summed E-state index contributed by atoms with van der Waals surface area (Å²) in [6.07, 6.45) is -4.10. The number of rotatable bonds is 18. The van der Waals surface area contributed by atoms with E-state index in [-0.39, 0.29) is 62.3 Å². The number of aliphatic hydroxyl groups excluding tert-OH is 2. The third-order valence-electron chi connectivity index (χ3n) is 6.91. The molecule has 15 heteroatoms. The molecule has 4 atom stereocenters. The van der Waals surface area contributed by atoms with Crippen molar-refractivity contribution in [2.45, 2.75) is 76.7 Å². The van der Waals surface area contributed by atoms with Crippen molar-refractivity contribution in [2.24, 2.45) is 0 Å². The van der Waals surface area contributed by atoms with Crippen LogP contribution in [0.1, 0.15) is 50.2 Å². The monoisotopic (exact) mass is 624 g/mol. The Morgan fingerprint density at radius 3 is 2.43 bits per heavy atom. The number of carbonyl (C=O) groups excluding carboxylic acids is 4. The number of imide groups is 1. The van der Waals surface area contributed by atoms with Crippen molar-refractivity contribution in [3.05, 3.63) is 29.3 Å². The number of esters is 1. The average molecular weight is 625 g/mol. The predicted octanol–water partition coefficient (Wildman–Crippen LogP) is -0.329. The number of amides is 3. The molecule has 44 heavy (non-hydrogen) atoms. The van der Waals surface area contributed by atoms with Crippen molar-refractivity contribution in [1.29, 1.82) is 0 Å². The molecule has 0 aromatic heterocycles. The predicted molar refractivity (Wildman–Crippen MR) is 149 cm³/mol. The van der Waals surface area contributed by atoms with Crippen LogP contribution in [0.3, 0.4) is 0 Å². The summed E-state index contributed by atoms with van der Waals surface area (Å²) in [6, 6.07) is 5.23. The Hall–Kier alpha value is -3.63. The van der Waals surface area contributed by atoms with Crippen molar-refractivity contribution < 1.29 is 63.0 Å². The van der Waals surface area contributed by atoms with Gasteiger partial charge in [-0.2, -0.15) is 0 Å². The van der Waals surface area contributed by atoms with Gasteiger partial charge in [0, 0.05) is 57.9 Å². The number of hydrogen-bond acceptors (Lipinski definition) is 12. The van der Waals surface area contributed by atoms with E-state index in [9.17, 15) is 39.3 Å². The Bertz CT molecular complexity index is 1140. The summed E-state index contributed by atoms with van der Waals surface area (Å²) in [5, 5.41) is 31.8. The minimum Gasteiger partial charge on any atom is -0.479 e. The number of nitrogens with one attached hydrogen (secondary N) is 1. The zero-order valence-corrected chi connectivity index (χ0v) is 24.6. The molecule has 2 aliphatic rings. The number of aliphatic hydroxyl groups is 2. The van der Waals surface area contributed by atoms with E-state index in [1.54, 1.807) is 18.2 Å². The summed E-state index contributed by atoms with van der Waals surface area (Å²) in [5.74, 6) is -2.39. The number of hydrogen-bond donors (Lipinski definition) is 4. The van der Waals surface area contributed by atoms with E-state index < -0.39 is 36.5 Å². The van der Waals surface area contributed by atoms with Crippen LogP contribution < -0.4 is 10.1 Å². The van der Waals surface area contributed by atoms with Gasteiger partial charge in [-0.3, -0.25) is 24.1 Å². The zero-order valence-electron chi connectivity index (χ0n) is 24.6. The molecule has 244 valence electrons. The number of ether oxygens (including phenoxy) is 5. The SMILES string of the molecule is CC(=O)OCc1cc(CCCOCCOCCNC(=O)CCN2C(=O)CCC2=O)ccc1OC1CC(O)[C@H](O)C(C(=O)O)O1. The van der Waals surface area contributed by atoms with E-state index in [0.29, 0.717) is 51.4 Å². The molecule has 2 aliphatic heterocycles. The molecule has 15 nitrogen and oxygen atoms in total. The van der Waals surface area contributed by atoms with Gasteiger partial charge in [0.15, 0.2) is 6.10 Å². The molecule has 0 radical (unpaired) electrons. The molecule has 0 bridgehead atoms. The second-order valence-electron chi connectivity index (χ2n) is 10.3. The molecule has 3 amide bonds. The molecule has 2 heterocycles. The summed E-state index contributed by atoms with van der Waals surface area (Å²) < 4.78 is 27.3. The Kier molecular flexibility index (Phi) is 14.0. The normalized spacial score (nSPS) is 21.8. The van der Waals surface area contributed by atoms with Crippen LogP contribution in [0.15, 0.2) is 18.2 Å². The van der Waals surface area contributed by atoms with Gasteiger partial charge >= 0.3 is 11.9 Å². The molecule has 2 fully saturated rings. The first kappa shape index (κ1) is 34.9. The Labute approximate surface area is 254 Å². The van der Waals surface area contributed by atoms with E-state index in [1.165, 1.54) is 6.92 Å². The van der Waals surface area contributed by atoms with Crippen molar-refractivity contribution in [2.75, 3.05) is 39.5 Å². The van der Waals surface area contributed by atoms with Crippen LogP contribution >= 0.6 is 0 Å². The van der Waals surface area contributed by atoms with Crippen molar-refractivity contribution >= 4 is 29.7 Å². The number of aryl methyl sites for hydroxylation is 1. The second kappa shape index (κ2) is 17.6. The van der Waals surface area contributed by atoms with E-state index in [1.807, 2.05) is 0 Å². The number of aliphatic carboxylic acids is 1. The highest BCUT2D eigenvalue weighted by Gasteiger charge is 2.42. The standard InChI is InChI=1S/C29H40N2O13/c1-18(32)42-17-20-15-19(4-5-22(20)43-26-16-21(33)27(37)28(44-26)29(38)39)3-2-11-40-13-14-41-12-9-30-23(34)8-10-31-24(35)6-7-25(31)36/h4-5,15,21,26-28,33,37H,2-3,6-14,16-17H2,1H3,(H,30,34)(H,38,39)/t21?,26?,27-,28?/m0/s1. The van der Waals surface area contributed by atoms with Gasteiger partial charge in [0.05, 0.1) is 25.9 Å². The van der Waals surface area contributed by atoms with Gasteiger partial charge in [-0.05, 0) is 30.5 Å². The lowest BCUT2D eigenvalue weighted by Crippen LogP contribution is -2.53. The lowest BCUT2D eigenvalue weighted by Gasteiger charge is -2.35. The molecule has 4 N–H and O–H groups in total. The lowest BCUT2D eigenvalue weighted by atomic mass is 10.0. The molecule has 3 rings (SSSR count). The van der Waals surface area contributed by atoms with Crippen LogP contribution in [0.5, 0.6) is 5.75 Å². The van der Waals surface area contributed by atoms with E-state index >= 15 is 0 Å². The average Bonchev–Trinajstić information content (AvgIpc) is 3.30. The highest BCUT2D eigenvalue weighted by atomic mass is 16.7.